The molecule has 0 aliphatic carbocycles. The van der Waals surface area contributed by atoms with Crippen LogP contribution in [0.2, 0.25) is 0 Å². The Hall–Kier alpha value is -3.89. The maximum Gasteiger partial charge on any atom is 0.255 e. The molecular weight excluding hydrogens is 588 g/mol. The van der Waals surface area contributed by atoms with Crippen LogP contribution in [0.4, 0.5) is 0 Å². The molecule has 1 fully saturated rings. The van der Waals surface area contributed by atoms with Gasteiger partial charge in [-0.05, 0) is 35.6 Å². The second-order valence-corrected chi connectivity index (χ2v) is 14.4. The van der Waals surface area contributed by atoms with E-state index in [9.17, 15) is 24.3 Å². The quantitative estimate of drug-likeness (QED) is 0.346. The molecule has 0 unspecified atom stereocenters. The molecule has 0 bridgehead atoms. The Balaban J connectivity index is 1.39. The largest absolute Gasteiger partial charge is 0.391 e. The van der Waals surface area contributed by atoms with Gasteiger partial charge < -0.3 is 20.2 Å². The summed E-state index contributed by atoms with van der Waals surface area (Å²) < 4.78 is 0. The molecule has 0 spiro atoms. The van der Waals surface area contributed by atoms with Gasteiger partial charge in [0.1, 0.15) is 17.9 Å². The summed E-state index contributed by atoms with van der Waals surface area (Å²) in [5.74, 6) is -1.25. The minimum atomic E-state index is -0.944. The maximum atomic E-state index is 14.2. The van der Waals surface area contributed by atoms with E-state index >= 15 is 0 Å². The number of aliphatic hydroxyl groups is 1. The number of aromatic nitrogens is 1. The Kier molecular flexibility index (Phi) is 9.28. The number of hydrogen-bond acceptors (Lipinski definition) is 7. The van der Waals surface area contributed by atoms with Crippen LogP contribution in [0.3, 0.4) is 0 Å². The molecule has 3 heterocycles. The lowest BCUT2D eigenvalue weighted by molar-refractivity contribution is -0.143. The van der Waals surface area contributed by atoms with Gasteiger partial charge in [-0.3, -0.25) is 19.2 Å². The predicted octanol–water partition coefficient (Wildman–Crippen LogP) is 4.92. The Morgan fingerprint density at radius 2 is 1.78 bits per heavy atom. The second-order valence-electron chi connectivity index (χ2n) is 13.5. The number of carbonyl (C=O) groups is 4. The number of rotatable bonds is 9. The third-order valence-corrected chi connectivity index (χ3v) is 9.78. The number of Topliss-reactive ketones (excluding diaryl/α,β-unsaturated/α-hetero) is 1. The SMILES string of the molecule is Cc1ncsc1-c1ccc([C@H](CC(=O)C(C)(C)C)NC(=O)[C@@H]2C[C@@H](O)CN2C(=O)[C@H](C(C)C)N2Cc3ccccc3C2=O)cc1. The van der Waals surface area contributed by atoms with Gasteiger partial charge in [-0.25, -0.2) is 4.98 Å². The summed E-state index contributed by atoms with van der Waals surface area (Å²) in [4.78, 5) is 63.0. The van der Waals surface area contributed by atoms with Crippen LogP contribution in [0.25, 0.3) is 10.4 Å². The molecule has 1 aromatic heterocycles. The molecule has 9 nitrogen and oxygen atoms in total. The van der Waals surface area contributed by atoms with Crippen LogP contribution >= 0.6 is 11.3 Å². The molecular formula is C35H42N4O5S. The summed E-state index contributed by atoms with van der Waals surface area (Å²) in [5.41, 5.74) is 5.33. The molecule has 0 radical (unpaired) electrons. The van der Waals surface area contributed by atoms with Gasteiger partial charge in [0.05, 0.1) is 28.2 Å². The highest BCUT2D eigenvalue weighted by Crippen LogP contribution is 2.32. The van der Waals surface area contributed by atoms with Crippen molar-refractivity contribution in [2.75, 3.05) is 6.54 Å². The molecule has 238 valence electrons. The highest BCUT2D eigenvalue weighted by atomic mass is 32.1. The first-order valence-corrected chi connectivity index (χ1v) is 16.4. The monoisotopic (exact) mass is 630 g/mol. The lowest BCUT2D eigenvalue weighted by Crippen LogP contribution is -2.55. The summed E-state index contributed by atoms with van der Waals surface area (Å²) >= 11 is 1.55. The van der Waals surface area contributed by atoms with Crippen molar-refractivity contribution < 1.29 is 24.3 Å². The van der Waals surface area contributed by atoms with Crippen LogP contribution in [0, 0.1) is 18.3 Å². The van der Waals surface area contributed by atoms with Crippen molar-refractivity contribution in [2.24, 2.45) is 11.3 Å². The average molecular weight is 631 g/mol. The van der Waals surface area contributed by atoms with Crippen molar-refractivity contribution in [1.82, 2.24) is 20.1 Å². The number of hydrogen-bond donors (Lipinski definition) is 2. The van der Waals surface area contributed by atoms with Crippen molar-refractivity contribution in [1.29, 1.82) is 0 Å². The van der Waals surface area contributed by atoms with E-state index < -0.39 is 35.6 Å². The van der Waals surface area contributed by atoms with Crippen LogP contribution in [0.1, 0.15) is 80.7 Å². The highest BCUT2D eigenvalue weighted by Gasteiger charge is 2.46. The van der Waals surface area contributed by atoms with E-state index in [-0.39, 0.29) is 42.9 Å². The molecule has 2 N–H and O–H groups in total. The molecule has 2 aliphatic heterocycles. The van der Waals surface area contributed by atoms with Crippen LogP contribution in [0.15, 0.2) is 54.0 Å². The number of likely N-dealkylation sites (tertiary alicyclic amines) is 1. The van der Waals surface area contributed by atoms with Crippen LogP contribution in [-0.4, -0.2) is 68.1 Å². The first-order chi connectivity index (χ1) is 21.3. The van der Waals surface area contributed by atoms with Gasteiger partial charge in [-0.1, -0.05) is 77.1 Å². The molecule has 5 rings (SSSR count). The minimum Gasteiger partial charge on any atom is -0.391 e. The average Bonchev–Trinajstić information content (AvgIpc) is 3.69. The molecule has 4 atom stereocenters. The molecule has 1 saturated heterocycles. The van der Waals surface area contributed by atoms with Crippen molar-refractivity contribution >= 4 is 34.8 Å². The Morgan fingerprint density at radius 3 is 2.38 bits per heavy atom. The van der Waals surface area contributed by atoms with Crippen molar-refractivity contribution in [3.05, 3.63) is 76.4 Å². The van der Waals surface area contributed by atoms with E-state index in [2.05, 4.69) is 10.3 Å². The number of thiazole rings is 1. The number of ketones is 1. The fraction of sp³-hybridized carbons (Fsp3) is 0.457. The lowest BCUT2D eigenvalue weighted by Gasteiger charge is -2.35. The van der Waals surface area contributed by atoms with Gasteiger partial charge in [0, 0.05) is 36.9 Å². The molecule has 3 amide bonds. The normalized spacial score (nSPS) is 19.5. The van der Waals surface area contributed by atoms with Gasteiger partial charge in [-0.2, -0.15) is 0 Å². The maximum absolute atomic E-state index is 14.2. The van der Waals surface area contributed by atoms with E-state index in [0.29, 0.717) is 12.1 Å². The standard InChI is InChI=1S/C35H42N4O5S/c1-20(2)30(39-17-24-9-7-8-10-26(24)33(39)43)34(44)38-18-25(40)15-28(38)32(42)37-27(16-29(41)35(4,5)6)22-11-13-23(14-12-22)31-21(3)36-19-45-31/h7-14,19-20,25,27-28,30,40H,15-18H2,1-6H3,(H,37,42)/t25-,27+,28+,30+/m1/s1. The first-order valence-electron chi connectivity index (χ1n) is 15.5. The Labute approximate surface area is 268 Å². The van der Waals surface area contributed by atoms with E-state index in [1.807, 2.05) is 77.9 Å². The first kappa shape index (κ1) is 32.5. The van der Waals surface area contributed by atoms with Gasteiger partial charge in [-0.15, -0.1) is 11.3 Å². The second kappa shape index (κ2) is 12.8. The van der Waals surface area contributed by atoms with Crippen LogP contribution in [-0.2, 0) is 20.9 Å². The Morgan fingerprint density at radius 1 is 1.09 bits per heavy atom. The van der Waals surface area contributed by atoms with Crippen molar-refractivity contribution in [2.45, 2.75) is 85.2 Å². The summed E-state index contributed by atoms with van der Waals surface area (Å²) in [6.45, 7) is 11.6. The number of benzene rings is 2. The third kappa shape index (κ3) is 6.72. The topological polar surface area (TPSA) is 120 Å². The molecule has 2 aliphatic rings. The number of aryl methyl sites for hydroxylation is 1. The lowest BCUT2D eigenvalue weighted by atomic mass is 9.85. The van der Waals surface area contributed by atoms with Crippen molar-refractivity contribution in [3.63, 3.8) is 0 Å². The summed E-state index contributed by atoms with van der Waals surface area (Å²) in [5, 5.41) is 13.7. The zero-order valence-electron chi connectivity index (χ0n) is 26.7. The van der Waals surface area contributed by atoms with E-state index in [1.165, 1.54) is 4.90 Å². The van der Waals surface area contributed by atoms with Gasteiger partial charge in [0.25, 0.3) is 5.91 Å². The van der Waals surface area contributed by atoms with Crippen molar-refractivity contribution in [3.8, 4) is 10.4 Å². The highest BCUT2D eigenvalue weighted by molar-refractivity contribution is 7.13. The van der Waals surface area contributed by atoms with Gasteiger partial charge in [0.2, 0.25) is 11.8 Å². The third-order valence-electron chi connectivity index (χ3n) is 8.80. The predicted molar refractivity (Wildman–Crippen MR) is 173 cm³/mol. The number of carbonyl (C=O) groups excluding carboxylic acids is 4. The molecule has 10 heteroatoms. The van der Waals surface area contributed by atoms with Crippen LogP contribution in [0.5, 0.6) is 0 Å². The zero-order chi connectivity index (χ0) is 32.6. The summed E-state index contributed by atoms with van der Waals surface area (Å²) in [6, 6.07) is 12.7. The number of fused-ring (bicyclic) bond motifs is 1. The van der Waals surface area contributed by atoms with Gasteiger partial charge >= 0.3 is 0 Å². The summed E-state index contributed by atoms with van der Waals surface area (Å²) in [6.07, 6.45) is -0.743. The Bertz CT molecular complexity index is 1590. The number of aliphatic hydroxyl groups excluding tert-OH is 1. The van der Waals surface area contributed by atoms with Crippen LogP contribution < -0.4 is 5.32 Å². The fourth-order valence-electron chi connectivity index (χ4n) is 6.21. The number of amides is 3. The van der Waals surface area contributed by atoms with E-state index in [4.69, 9.17) is 0 Å². The van der Waals surface area contributed by atoms with Gasteiger partial charge in [0.15, 0.2) is 0 Å². The smallest absolute Gasteiger partial charge is 0.255 e. The fourth-order valence-corrected chi connectivity index (χ4v) is 7.02. The molecule has 2 aromatic carbocycles. The molecule has 45 heavy (non-hydrogen) atoms. The van der Waals surface area contributed by atoms with E-state index in [0.717, 1.165) is 27.3 Å². The summed E-state index contributed by atoms with van der Waals surface area (Å²) in [7, 11) is 0. The number of nitrogens with one attached hydrogen (secondary N) is 1. The van der Waals surface area contributed by atoms with E-state index in [1.54, 1.807) is 33.9 Å². The molecule has 0 saturated carbocycles. The number of β-amino-alcohol motifs (C(OH)–C–C–N with tert-alkyl or cyclic N) is 1. The zero-order valence-corrected chi connectivity index (χ0v) is 27.6. The minimum absolute atomic E-state index is 0.0103. The molecule has 3 aromatic rings. The number of nitrogens with zero attached hydrogens (tertiary/aromatic N) is 3.